The van der Waals surface area contributed by atoms with Crippen molar-refractivity contribution in [1.82, 2.24) is 4.90 Å². The topological polar surface area (TPSA) is 46.3 Å². The highest BCUT2D eigenvalue weighted by atomic mass is 19.1. The summed E-state index contributed by atoms with van der Waals surface area (Å²) in [5.74, 6) is -2.30. The fourth-order valence-electron chi connectivity index (χ4n) is 1.66. The highest BCUT2D eigenvalue weighted by Gasteiger charge is 2.24. The Labute approximate surface area is 106 Å². The summed E-state index contributed by atoms with van der Waals surface area (Å²) in [6, 6.07) is 2.25. The number of carbonyl (C=O) groups excluding carboxylic acids is 1. The molecule has 3 nitrogen and oxygen atoms in total. The summed E-state index contributed by atoms with van der Waals surface area (Å²) in [5, 5.41) is 0. The van der Waals surface area contributed by atoms with Crippen molar-refractivity contribution in [3.05, 3.63) is 34.9 Å². The molecule has 1 atom stereocenters. The first-order chi connectivity index (χ1) is 8.40. The minimum absolute atomic E-state index is 0.165. The molecule has 1 unspecified atom stereocenters. The number of nitrogens with zero attached hydrogens (tertiary/aromatic N) is 1. The molecule has 0 aliphatic rings. The SMILES string of the molecule is Cc1ccc(F)c(C(=O)N(C)C(C)CCN)c1F. The van der Waals surface area contributed by atoms with E-state index in [1.807, 2.05) is 0 Å². The fraction of sp³-hybridized carbons (Fsp3) is 0.462. The van der Waals surface area contributed by atoms with Crippen molar-refractivity contribution in [2.75, 3.05) is 13.6 Å². The molecule has 0 saturated heterocycles. The molecule has 1 aromatic carbocycles. The Morgan fingerprint density at radius 1 is 1.44 bits per heavy atom. The van der Waals surface area contributed by atoms with E-state index in [9.17, 15) is 13.6 Å². The Hall–Kier alpha value is -1.49. The zero-order valence-corrected chi connectivity index (χ0v) is 10.8. The maximum absolute atomic E-state index is 13.8. The van der Waals surface area contributed by atoms with Gasteiger partial charge in [0.1, 0.15) is 17.2 Å². The lowest BCUT2D eigenvalue weighted by Gasteiger charge is -2.25. The average Bonchev–Trinajstić information content (AvgIpc) is 2.33. The zero-order chi connectivity index (χ0) is 13.9. The van der Waals surface area contributed by atoms with E-state index in [1.165, 1.54) is 24.9 Å². The van der Waals surface area contributed by atoms with Gasteiger partial charge in [0.15, 0.2) is 0 Å². The maximum atomic E-state index is 13.8. The Bertz CT molecular complexity index is 449. The largest absolute Gasteiger partial charge is 0.339 e. The van der Waals surface area contributed by atoms with Crippen LogP contribution in [-0.4, -0.2) is 30.4 Å². The third kappa shape index (κ3) is 2.85. The molecule has 0 saturated carbocycles. The second-order valence-corrected chi connectivity index (χ2v) is 4.40. The van der Waals surface area contributed by atoms with E-state index in [-0.39, 0.29) is 11.6 Å². The predicted molar refractivity (Wildman–Crippen MR) is 66.3 cm³/mol. The van der Waals surface area contributed by atoms with Crippen molar-refractivity contribution in [1.29, 1.82) is 0 Å². The van der Waals surface area contributed by atoms with Crippen molar-refractivity contribution >= 4 is 5.91 Å². The molecule has 0 heterocycles. The van der Waals surface area contributed by atoms with E-state index >= 15 is 0 Å². The Kier molecular flexibility index (Phi) is 4.78. The van der Waals surface area contributed by atoms with Gasteiger partial charge in [0.25, 0.3) is 5.91 Å². The normalized spacial score (nSPS) is 12.3. The van der Waals surface area contributed by atoms with Gasteiger partial charge in [-0.1, -0.05) is 6.07 Å². The van der Waals surface area contributed by atoms with Crippen LogP contribution in [0, 0.1) is 18.6 Å². The second-order valence-electron chi connectivity index (χ2n) is 4.40. The van der Waals surface area contributed by atoms with Crippen LogP contribution in [-0.2, 0) is 0 Å². The van der Waals surface area contributed by atoms with Crippen LogP contribution >= 0.6 is 0 Å². The molecule has 2 N–H and O–H groups in total. The van der Waals surface area contributed by atoms with E-state index < -0.39 is 23.1 Å². The summed E-state index contributed by atoms with van der Waals surface area (Å²) < 4.78 is 27.4. The Morgan fingerprint density at radius 3 is 2.61 bits per heavy atom. The summed E-state index contributed by atoms with van der Waals surface area (Å²) in [6.07, 6.45) is 0.581. The number of rotatable bonds is 4. The molecule has 0 spiro atoms. The molecule has 0 fully saturated rings. The number of hydrogen-bond donors (Lipinski definition) is 1. The maximum Gasteiger partial charge on any atom is 0.259 e. The molecule has 0 aliphatic heterocycles. The average molecular weight is 256 g/mol. The van der Waals surface area contributed by atoms with Gasteiger partial charge in [-0.15, -0.1) is 0 Å². The standard InChI is InChI=1S/C13H18F2N2O/c1-8-4-5-10(14)11(12(8)15)13(18)17(3)9(2)6-7-16/h4-5,9H,6-7,16H2,1-3H3. The Balaban J connectivity index is 3.07. The summed E-state index contributed by atoms with van der Waals surface area (Å²) in [7, 11) is 1.52. The molecule has 0 bridgehead atoms. The number of carbonyl (C=O) groups is 1. The number of nitrogens with two attached hydrogens (primary N) is 1. The van der Waals surface area contributed by atoms with E-state index in [1.54, 1.807) is 6.92 Å². The first-order valence-corrected chi connectivity index (χ1v) is 5.82. The third-order valence-corrected chi connectivity index (χ3v) is 3.06. The molecular weight excluding hydrogens is 238 g/mol. The van der Waals surface area contributed by atoms with Crippen LogP contribution in [0.1, 0.15) is 29.3 Å². The van der Waals surface area contributed by atoms with Crippen molar-refractivity contribution in [2.45, 2.75) is 26.3 Å². The van der Waals surface area contributed by atoms with E-state index in [0.29, 0.717) is 13.0 Å². The number of halogens is 2. The highest BCUT2D eigenvalue weighted by Crippen LogP contribution is 2.19. The van der Waals surface area contributed by atoms with Gasteiger partial charge in [-0.25, -0.2) is 8.78 Å². The zero-order valence-electron chi connectivity index (χ0n) is 10.8. The monoisotopic (exact) mass is 256 g/mol. The van der Waals surface area contributed by atoms with E-state index in [4.69, 9.17) is 5.73 Å². The first-order valence-electron chi connectivity index (χ1n) is 5.82. The smallest absolute Gasteiger partial charge is 0.259 e. The fourth-order valence-corrected chi connectivity index (χ4v) is 1.66. The Morgan fingerprint density at radius 2 is 2.06 bits per heavy atom. The molecule has 0 aromatic heterocycles. The van der Waals surface area contributed by atoms with Gasteiger partial charge in [0.05, 0.1) is 0 Å². The van der Waals surface area contributed by atoms with Gasteiger partial charge in [0.2, 0.25) is 0 Å². The summed E-state index contributed by atoms with van der Waals surface area (Å²) in [5.41, 5.74) is 5.15. The van der Waals surface area contributed by atoms with Crippen molar-refractivity contribution in [2.24, 2.45) is 5.73 Å². The van der Waals surface area contributed by atoms with Crippen molar-refractivity contribution in [3.63, 3.8) is 0 Å². The predicted octanol–water partition coefficient (Wildman–Crippen LogP) is 2.08. The summed E-state index contributed by atoms with van der Waals surface area (Å²) in [6.45, 7) is 3.70. The number of hydrogen-bond acceptors (Lipinski definition) is 2. The van der Waals surface area contributed by atoms with Gasteiger partial charge in [-0.2, -0.15) is 0 Å². The second kappa shape index (κ2) is 5.91. The molecule has 0 aliphatic carbocycles. The number of amides is 1. The van der Waals surface area contributed by atoms with Crippen molar-refractivity contribution < 1.29 is 13.6 Å². The molecule has 1 rings (SSSR count). The van der Waals surface area contributed by atoms with Gasteiger partial charge in [0, 0.05) is 13.1 Å². The lowest BCUT2D eigenvalue weighted by Crippen LogP contribution is -2.37. The van der Waals surface area contributed by atoms with Crippen LogP contribution in [0.15, 0.2) is 12.1 Å². The lowest BCUT2D eigenvalue weighted by atomic mass is 10.1. The quantitative estimate of drug-likeness (QED) is 0.896. The minimum atomic E-state index is -0.838. The summed E-state index contributed by atoms with van der Waals surface area (Å²) in [4.78, 5) is 13.4. The molecular formula is C13H18F2N2O. The van der Waals surface area contributed by atoms with Gasteiger partial charge < -0.3 is 10.6 Å². The molecule has 18 heavy (non-hydrogen) atoms. The van der Waals surface area contributed by atoms with Crippen LogP contribution in [0.4, 0.5) is 8.78 Å². The molecule has 5 heteroatoms. The van der Waals surface area contributed by atoms with Crippen molar-refractivity contribution in [3.8, 4) is 0 Å². The van der Waals surface area contributed by atoms with Gasteiger partial charge in [-0.3, -0.25) is 4.79 Å². The van der Waals surface area contributed by atoms with Crippen LogP contribution < -0.4 is 5.73 Å². The molecule has 100 valence electrons. The van der Waals surface area contributed by atoms with Crippen LogP contribution in [0.2, 0.25) is 0 Å². The first kappa shape index (κ1) is 14.6. The number of benzene rings is 1. The van der Waals surface area contributed by atoms with Crippen LogP contribution in [0.3, 0.4) is 0 Å². The van der Waals surface area contributed by atoms with Crippen LogP contribution in [0.5, 0.6) is 0 Å². The molecule has 1 amide bonds. The molecule has 0 radical (unpaired) electrons. The minimum Gasteiger partial charge on any atom is -0.339 e. The number of aryl methyl sites for hydroxylation is 1. The van der Waals surface area contributed by atoms with E-state index in [0.717, 1.165) is 6.07 Å². The molecule has 1 aromatic rings. The lowest BCUT2D eigenvalue weighted by molar-refractivity contribution is 0.0729. The summed E-state index contributed by atoms with van der Waals surface area (Å²) >= 11 is 0. The van der Waals surface area contributed by atoms with E-state index in [2.05, 4.69) is 0 Å². The van der Waals surface area contributed by atoms with Gasteiger partial charge >= 0.3 is 0 Å². The highest BCUT2D eigenvalue weighted by molar-refractivity contribution is 5.95. The van der Waals surface area contributed by atoms with Gasteiger partial charge in [-0.05, 0) is 38.4 Å². The van der Waals surface area contributed by atoms with Crippen LogP contribution in [0.25, 0.3) is 0 Å². The third-order valence-electron chi connectivity index (χ3n) is 3.06.